The maximum atomic E-state index is 12.7. The standard InChI is InChI=1S/C23H32ClNO3/c1-16-6-9-20(26)14-18(24)10-13-28-22(27)17-7-8-19-4-2-11-23(25(19)15-17)12-3-5-21(16)23/h6-7,9,14,16,19-21,26H,2-5,8,10-13,15H2,1H3/b9-6+,18-14-/t16-,19-,20-,21+,23-/m0/s1. The van der Waals surface area contributed by atoms with E-state index in [1.807, 2.05) is 6.08 Å². The van der Waals surface area contributed by atoms with Crippen LogP contribution in [0.2, 0.25) is 0 Å². The summed E-state index contributed by atoms with van der Waals surface area (Å²) >= 11 is 6.22. The fraction of sp³-hybridized carbons (Fsp3) is 0.696. The minimum Gasteiger partial charge on any atom is -0.462 e. The van der Waals surface area contributed by atoms with Crippen LogP contribution >= 0.6 is 11.6 Å². The van der Waals surface area contributed by atoms with Gasteiger partial charge in [0.1, 0.15) is 0 Å². The molecule has 1 spiro atoms. The zero-order valence-electron chi connectivity index (χ0n) is 16.8. The smallest absolute Gasteiger partial charge is 0.335 e. The summed E-state index contributed by atoms with van der Waals surface area (Å²) in [5.74, 6) is 0.730. The number of rotatable bonds is 0. The van der Waals surface area contributed by atoms with Crippen LogP contribution in [0.1, 0.15) is 58.3 Å². The molecule has 4 aliphatic rings. The number of esters is 1. The Hall–Kier alpha value is -1.10. The number of nitrogens with zero attached hydrogens (tertiary/aromatic N) is 1. The third-order valence-electron chi connectivity index (χ3n) is 7.39. The fourth-order valence-electron chi connectivity index (χ4n) is 6.10. The van der Waals surface area contributed by atoms with Crippen LogP contribution in [0.25, 0.3) is 0 Å². The number of carbonyl (C=O) groups is 1. The van der Waals surface area contributed by atoms with Crippen LogP contribution < -0.4 is 0 Å². The lowest BCUT2D eigenvalue weighted by Crippen LogP contribution is -2.61. The van der Waals surface area contributed by atoms with E-state index in [0.717, 1.165) is 12.0 Å². The van der Waals surface area contributed by atoms with Crippen molar-refractivity contribution in [2.75, 3.05) is 13.2 Å². The lowest BCUT2D eigenvalue weighted by Gasteiger charge is -2.55. The molecule has 0 unspecified atom stereocenters. The van der Waals surface area contributed by atoms with Gasteiger partial charge in [-0.05, 0) is 50.0 Å². The average molecular weight is 406 g/mol. The topological polar surface area (TPSA) is 49.8 Å². The van der Waals surface area contributed by atoms with E-state index in [2.05, 4.69) is 24.0 Å². The van der Waals surface area contributed by atoms with Crippen LogP contribution in [0.3, 0.4) is 0 Å². The molecule has 0 aromatic carbocycles. The van der Waals surface area contributed by atoms with E-state index in [4.69, 9.17) is 16.3 Å². The number of carbonyl (C=O) groups excluding carboxylic acids is 1. The van der Waals surface area contributed by atoms with E-state index in [1.54, 1.807) is 6.08 Å². The molecular formula is C23H32ClNO3. The Morgan fingerprint density at radius 3 is 2.86 bits per heavy atom. The van der Waals surface area contributed by atoms with Gasteiger partial charge in [-0.25, -0.2) is 4.79 Å². The van der Waals surface area contributed by atoms with Crippen molar-refractivity contribution in [2.24, 2.45) is 11.8 Å². The van der Waals surface area contributed by atoms with Crippen molar-refractivity contribution in [3.63, 3.8) is 0 Å². The number of ether oxygens (including phenoxy) is 1. The Balaban J connectivity index is 1.69. The Kier molecular flexibility index (Phi) is 6.01. The Morgan fingerprint density at radius 2 is 2.04 bits per heavy atom. The number of halogens is 1. The second kappa shape index (κ2) is 8.33. The molecule has 0 amide bonds. The van der Waals surface area contributed by atoms with Gasteiger partial charge in [-0.3, -0.25) is 4.90 Å². The second-order valence-electron chi connectivity index (χ2n) is 8.98. The summed E-state index contributed by atoms with van der Waals surface area (Å²) in [6.07, 6.45) is 15.8. The maximum absolute atomic E-state index is 12.7. The van der Waals surface area contributed by atoms with Gasteiger partial charge in [-0.1, -0.05) is 49.6 Å². The van der Waals surface area contributed by atoms with E-state index in [0.29, 0.717) is 35.9 Å². The highest BCUT2D eigenvalue weighted by Gasteiger charge is 2.52. The molecule has 5 heteroatoms. The van der Waals surface area contributed by atoms with Crippen molar-refractivity contribution in [3.8, 4) is 0 Å². The lowest BCUT2D eigenvalue weighted by molar-refractivity contribution is -0.140. The minimum absolute atomic E-state index is 0.172. The second-order valence-corrected chi connectivity index (χ2v) is 9.46. The van der Waals surface area contributed by atoms with Crippen LogP contribution in [-0.2, 0) is 9.53 Å². The van der Waals surface area contributed by atoms with Gasteiger partial charge < -0.3 is 9.84 Å². The molecule has 154 valence electrons. The van der Waals surface area contributed by atoms with Crippen molar-refractivity contribution in [3.05, 3.63) is 34.9 Å². The highest BCUT2D eigenvalue weighted by atomic mass is 35.5. The zero-order chi connectivity index (χ0) is 19.7. The van der Waals surface area contributed by atoms with Crippen molar-refractivity contribution in [1.29, 1.82) is 0 Å². The summed E-state index contributed by atoms with van der Waals surface area (Å²) in [7, 11) is 0. The fourth-order valence-corrected chi connectivity index (χ4v) is 6.30. The molecule has 3 heterocycles. The Morgan fingerprint density at radius 1 is 1.25 bits per heavy atom. The van der Waals surface area contributed by atoms with Crippen molar-refractivity contribution in [2.45, 2.75) is 76.0 Å². The molecule has 0 aromatic heterocycles. The molecule has 0 radical (unpaired) electrons. The Labute approximate surface area is 173 Å². The van der Waals surface area contributed by atoms with E-state index in [-0.39, 0.29) is 18.1 Å². The number of piperidine rings is 1. The summed E-state index contributed by atoms with van der Waals surface area (Å²) in [6, 6.07) is 0.541. The highest BCUT2D eigenvalue weighted by Crippen LogP contribution is 2.52. The third-order valence-corrected chi connectivity index (χ3v) is 7.70. The van der Waals surface area contributed by atoms with Crippen LogP contribution in [0, 0.1) is 11.8 Å². The first-order valence-corrected chi connectivity index (χ1v) is 11.2. The molecule has 5 atom stereocenters. The number of hydrogen-bond donors (Lipinski definition) is 1. The SMILES string of the molecule is C[C@H]1/C=C/[C@H](O)/C=C(\Cl)CCOC(=O)C2=CC[C@@H]3CCC[C@@]4(CCC[C@H]14)N3C2. The van der Waals surface area contributed by atoms with Crippen molar-refractivity contribution < 1.29 is 14.6 Å². The van der Waals surface area contributed by atoms with Crippen LogP contribution in [0.15, 0.2) is 34.9 Å². The number of aliphatic hydroxyl groups excluding tert-OH is 1. The van der Waals surface area contributed by atoms with Gasteiger partial charge in [-0.2, -0.15) is 0 Å². The van der Waals surface area contributed by atoms with Gasteiger partial charge in [0.15, 0.2) is 0 Å². The molecule has 1 aliphatic carbocycles. The maximum Gasteiger partial charge on any atom is 0.335 e. The zero-order valence-corrected chi connectivity index (χ0v) is 17.5. The monoisotopic (exact) mass is 405 g/mol. The predicted molar refractivity (Wildman–Crippen MR) is 111 cm³/mol. The molecule has 1 N–H and O–H groups in total. The molecular weight excluding hydrogens is 374 g/mol. The molecule has 3 aliphatic heterocycles. The first-order chi connectivity index (χ1) is 13.5. The summed E-state index contributed by atoms with van der Waals surface area (Å²) in [4.78, 5) is 15.3. The van der Waals surface area contributed by atoms with Gasteiger partial charge in [-0.15, -0.1) is 0 Å². The van der Waals surface area contributed by atoms with E-state index in [9.17, 15) is 9.90 Å². The van der Waals surface area contributed by atoms with Gasteiger partial charge in [0.25, 0.3) is 0 Å². The largest absolute Gasteiger partial charge is 0.462 e. The quantitative estimate of drug-likeness (QED) is 0.481. The Bertz CT molecular complexity index is 700. The molecule has 0 aromatic rings. The number of cyclic esters (lactones) is 1. The summed E-state index contributed by atoms with van der Waals surface area (Å²) in [6.45, 7) is 3.24. The van der Waals surface area contributed by atoms with Crippen molar-refractivity contribution >= 4 is 17.6 Å². The van der Waals surface area contributed by atoms with E-state index < -0.39 is 6.10 Å². The van der Waals surface area contributed by atoms with Gasteiger partial charge >= 0.3 is 5.97 Å². The lowest BCUT2D eigenvalue weighted by atomic mass is 9.70. The number of allylic oxidation sites excluding steroid dienone is 1. The van der Waals surface area contributed by atoms with Crippen molar-refractivity contribution in [1.82, 2.24) is 4.90 Å². The predicted octanol–water partition coefficient (Wildman–Crippen LogP) is 4.33. The molecule has 28 heavy (non-hydrogen) atoms. The molecule has 2 bridgehead atoms. The molecule has 1 saturated heterocycles. The summed E-state index contributed by atoms with van der Waals surface area (Å²) < 4.78 is 5.50. The number of fused-ring (bicyclic) bond motifs is 1. The molecule has 4 rings (SSSR count). The molecule has 1 saturated carbocycles. The highest BCUT2D eigenvalue weighted by molar-refractivity contribution is 6.29. The van der Waals surface area contributed by atoms with Crippen LogP contribution in [0.4, 0.5) is 0 Å². The molecule has 2 fully saturated rings. The van der Waals surface area contributed by atoms with Crippen LogP contribution in [0.5, 0.6) is 0 Å². The van der Waals surface area contributed by atoms with Crippen LogP contribution in [-0.4, -0.2) is 46.8 Å². The van der Waals surface area contributed by atoms with E-state index >= 15 is 0 Å². The minimum atomic E-state index is -0.700. The number of hydrogen-bond acceptors (Lipinski definition) is 4. The summed E-state index contributed by atoms with van der Waals surface area (Å²) in [5.41, 5.74) is 0.979. The first-order valence-electron chi connectivity index (χ1n) is 10.8. The normalized spacial score (nSPS) is 42.9. The van der Waals surface area contributed by atoms with Gasteiger partial charge in [0.05, 0.1) is 12.7 Å². The van der Waals surface area contributed by atoms with Gasteiger partial charge in [0.2, 0.25) is 0 Å². The average Bonchev–Trinajstić information content (AvgIpc) is 3.09. The van der Waals surface area contributed by atoms with E-state index in [1.165, 1.54) is 38.5 Å². The molecule has 4 nitrogen and oxygen atoms in total. The summed E-state index contributed by atoms with van der Waals surface area (Å²) in [5, 5.41) is 10.8. The first kappa shape index (κ1) is 20.2. The third kappa shape index (κ3) is 3.83. The van der Waals surface area contributed by atoms with Gasteiger partial charge in [0, 0.05) is 35.2 Å². The number of aliphatic hydroxyl groups is 1.